The van der Waals surface area contributed by atoms with E-state index in [2.05, 4.69) is 6.07 Å². The molecule has 0 spiro atoms. The number of ketones is 1. The number of fused-ring (bicyclic) bond motifs is 1. The van der Waals surface area contributed by atoms with Crippen molar-refractivity contribution in [3.05, 3.63) is 34.9 Å². The van der Waals surface area contributed by atoms with E-state index in [1.54, 1.807) is 11.9 Å². The van der Waals surface area contributed by atoms with Gasteiger partial charge in [0.2, 0.25) is 5.91 Å². The molecule has 1 atom stereocenters. The highest BCUT2D eigenvalue weighted by atomic mass is 16.3. The normalized spacial score (nSPS) is 17.9. The highest BCUT2D eigenvalue weighted by molar-refractivity contribution is 5.98. The van der Waals surface area contributed by atoms with E-state index in [1.807, 2.05) is 12.1 Å². The van der Waals surface area contributed by atoms with Crippen molar-refractivity contribution in [3.8, 4) is 0 Å². The van der Waals surface area contributed by atoms with E-state index < -0.39 is 6.10 Å². The number of hydrogen-bond acceptors (Lipinski definition) is 3. The van der Waals surface area contributed by atoms with Gasteiger partial charge in [-0.2, -0.15) is 0 Å². The maximum absolute atomic E-state index is 12.4. The first-order valence-electron chi connectivity index (χ1n) is 9.11. The number of aliphatic hydroxyl groups excluding tert-OH is 1. The van der Waals surface area contributed by atoms with Gasteiger partial charge in [-0.15, -0.1) is 0 Å². The number of nitrogens with zero attached hydrogens (tertiary/aromatic N) is 1. The van der Waals surface area contributed by atoms with E-state index in [1.165, 1.54) is 24.0 Å². The molecule has 0 aliphatic heterocycles. The molecule has 0 saturated heterocycles. The molecule has 4 nitrogen and oxygen atoms in total. The zero-order chi connectivity index (χ0) is 17.1. The van der Waals surface area contributed by atoms with Gasteiger partial charge in [0.1, 0.15) is 0 Å². The van der Waals surface area contributed by atoms with Crippen LogP contribution in [0.1, 0.15) is 60.0 Å². The summed E-state index contributed by atoms with van der Waals surface area (Å²) in [6, 6.07) is 5.99. The average molecular weight is 329 g/mol. The van der Waals surface area contributed by atoms with E-state index in [4.69, 9.17) is 0 Å². The van der Waals surface area contributed by atoms with Gasteiger partial charge in [0.05, 0.1) is 6.10 Å². The molecule has 3 rings (SSSR count). The molecule has 0 radical (unpaired) electrons. The average Bonchev–Trinajstić information content (AvgIpc) is 3.43. The lowest BCUT2D eigenvalue weighted by molar-refractivity contribution is -0.131. The van der Waals surface area contributed by atoms with Gasteiger partial charge in [0.25, 0.3) is 0 Å². The standard InChI is InChI=1S/C20H27NO3/c1-21(13-19(23)15-7-8-15)20(24)11-10-18(22)17-9-6-14-4-2-3-5-16(14)12-17/h6,9,12,15,19,23H,2-5,7-8,10-11,13H2,1H3. The molecule has 24 heavy (non-hydrogen) atoms. The molecule has 4 heteroatoms. The van der Waals surface area contributed by atoms with Gasteiger partial charge in [-0.3, -0.25) is 9.59 Å². The van der Waals surface area contributed by atoms with Gasteiger partial charge >= 0.3 is 0 Å². The molecular formula is C20H27NO3. The zero-order valence-corrected chi connectivity index (χ0v) is 14.5. The van der Waals surface area contributed by atoms with Crippen LogP contribution in [0.3, 0.4) is 0 Å². The smallest absolute Gasteiger partial charge is 0.222 e. The number of benzene rings is 1. The summed E-state index contributed by atoms with van der Waals surface area (Å²) in [4.78, 5) is 26.1. The van der Waals surface area contributed by atoms with Crippen LogP contribution in [0.15, 0.2) is 18.2 Å². The molecule has 2 aliphatic rings. The summed E-state index contributed by atoms with van der Waals surface area (Å²) in [6.07, 6.45) is 6.72. The topological polar surface area (TPSA) is 57.6 Å². The third-order valence-electron chi connectivity index (χ3n) is 5.29. The molecule has 2 aliphatic carbocycles. The molecule has 1 aromatic rings. The number of aliphatic hydroxyl groups is 1. The van der Waals surface area contributed by atoms with E-state index >= 15 is 0 Å². The number of carbonyl (C=O) groups excluding carboxylic acids is 2. The fraction of sp³-hybridized carbons (Fsp3) is 0.600. The third kappa shape index (κ3) is 4.23. The van der Waals surface area contributed by atoms with Crippen molar-refractivity contribution in [2.45, 2.75) is 57.5 Å². The van der Waals surface area contributed by atoms with Crippen molar-refractivity contribution in [1.82, 2.24) is 4.90 Å². The van der Waals surface area contributed by atoms with E-state index in [0.29, 0.717) is 12.5 Å². The van der Waals surface area contributed by atoms with E-state index in [0.717, 1.165) is 31.2 Å². The molecule has 1 fully saturated rings. The summed E-state index contributed by atoms with van der Waals surface area (Å²) in [6.45, 7) is 0.372. The minimum atomic E-state index is -0.421. The van der Waals surface area contributed by atoms with E-state index in [-0.39, 0.29) is 24.5 Å². The zero-order valence-electron chi connectivity index (χ0n) is 14.5. The summed E-state index contributed by atoms with van der Waals surface area (Å²) in [5, 5.41) is 9.92. The lowest BCUT2D eigenvalue weighted by atomic mass is 9.89. The van der Waals surface area contributed by atoms with Crippen LogP contribution < -0.4 is 0 Å². The first-order valence-corrected chi connectivity index (χ1v) is 9.11. The Labute approximate surface area is 143 Å². The number of Topliss-reactive ketones (excluding diaryl/α,β-unsaturated/α-hetero) is 1. The summed E-state index contributed by atoms with van der Waals surface area (Å²) in [5.41, 5.74) is 3.38. The van der Waals surface area contributed by atoms with Crippen LogP contribution in [0.2, 0.25) is 0 Å². The van der Waals surface area contributed by atoms with Crippen LogP contribution >= 0.6 is 0 Å². The molecule has 130 valence electrons. The largest absolute Gasteiger partial charge is 0.391 e. The second-order valence-corrected chi connectivity index (χ2v) is 7.29. The van der Waals surface area contributed by atoms with Gasteiger partial charge in [-0.25, -0.2) is 0 Å². The number of carbonyl (C=O) groups is 2. The van der Waals surface area contributed by atoms with Gasteiger partial charge in [-0.05, 0) is 61.6 Å². The summed E-state index contributed by atoms with van der Waals surface area (Å²) in [5.74, 6) is 0.325. The summed E-state index contributed by atoms with van der Waals surface area (Å²) in [7, 11) is 1.71. The minimum absolute atomic E-state index is 0.0351. The SMILES string of the molecule is CN(CC(O)C1CC1)C(=O)CCC(=O)c1ccc2c(c1)CCCC2. The molecule has 1 saturated carbocycles. The quantitative estimate of drug-likeness (QED) is 0.783. The number of rotatable bonds is 7. The lowest BCUT2D eigenvalue weighted by Gasteiger charge is -2.20. The van der Waals surface area contributed by atoms with E-state index in [9.17, 15) is 14.7 Å². The monoisotopic (exact) mass is 329 g/mol. The van der Waals surface area contributed by atoms with Gasteiger partial charge in [0, 0.05) is 32.0 Å². The Kier molecular flexibility index (Phi) is 5.34. The van der Waals surface area contributed by atoms with Crippen molar-refractivity contribution >= 4 is 11.7 Å². The molecule has 0 bridgehead atoms. The van der Waals surface area contributed by atoms with Crippen molar-refractivity contribution in [2.24, 2.45) is 5.92 Å². The molecule has 0 aromatic heterocycles. The van der Waals surface area contributed by atoms with Crippen molar-refractivity contribution in [3.63, 3.8) is 0 Å². The van der Waals surface area contributed by atoms with Gasteiger partial charge in [0.15, 0.2) is 5.78 Å². The Morgan fingerprint density at radius 2 is 1.88 bits per heavy atom. The predicted octanol–water partition coefficient (Wildman–Crippen LogP) is 2.76. The van der Waals surface area contributed by atoms with Crippen LogP contribution in [0.4, 0.5) is 0 Å². The predicted molar refractivity (Wildman–Crippen MR) is 93.0 cm³/mol. The number of amides is 1. The highest BCUT2D eigenvalue weighted by Crippen LogP contribution is 2.32. The highest BCUT2D eigenvalue weighted by Gasteiger charge is 2.31. The Morgan fingerprint density at radius 1 is 1.17 bits per heavy atom. The van der Waals surface area contributed by atoms with Crippen LogP contribution in [-0.4, -0.2) is 41.4 Å². The molecular weight excluding hydrogens is 302 g/mol. The second kappa shape index (κ2) is 7.47. The summed E-state index contributed by atoms with van der Waals surface area (Å²) < 4.78 is 0. The Hall–Kier alpha value is -1.68. The number of aryl methyl sites for hydroxylation is 2. The first kappa shape index (κ1) is 17.2. The number of likely N-dealkylation sites (N-methyl/N-ethyl adjacent to an activating group) is 1. The van der Waals surface area contributed by atoms with Crippen LogP contribution in [-0.2, 0) is 17.6 Å². The molecule has 1 amide bonds. The molecule has 1 aromatic carbocycles. The number of hydrogen-bond donors (Lipinski definition) is 1. The summed E-state index contributed by atoms with van der Waals surface area (Å²) >= 11 is 0. The van der Waals surface area contributed by atoms with Crippen LogP contribution in [0.5, 0.6) is 0 Å². The van der Waals surface area contributed by atoms with Gasteiger partial charge in [-0.1, -0.05) is 12.1 Å². The fourth-order valence-electron chi connectivity index (χ4n) is 3.48. The van der Waals surface area contributed by atoms with Crippen molar-refractivity contribution < 1.29 is 14.7 Å². The Balaban J connectivity index is 1.50. The Morgan fingerprint density at radius 3 is 2.58 bits per heavy atom. The molecule has 0 heterocycles. The van der Waals surface area contributed by atoms with Crippen LogP contribution in [0.25, 0.3) is 0 Å². The third-order valence-corrected chi connectivity index (χ3v) is 5.29. The van der Waals surface area contributed by atoms with Crippen molar-refractivity contribution in [1.29, 1.82) is 0 Å². The molecule has 1 unspecified atom stereocenters. The maximum Gasteiger partial charge on any atom is 0.222 e. The van der Waals surface area contributed by atoms with Gasteiger partial charge < -0.3 is 10.0 Å². The Bertz CT molecular complexity index is 621. The lowest BCUT2D eigenvalue weighted by Crippen LogP contribution is -2.35. The van der Waals surface area contributed by atoms with Crippen LogP contribution in [0, 0.1) is 5.92 Å². The maximum atomic E-state index is 12.4. The second-order valence-electron chi connectivity index (χ2n) is 7.29. The first-order chi connectivity index (χ1) is 11.5. The molecule has 1 N–H and O–H groups in total. The fourth-order valence-corrected chi connectivity index (χ4v) is 3.48. The minimum Gasteiger partial charge on any atom is -0.391 e. The van der Waals surface area contributed by atoms with Crippen molar-refractivity contribution in [2.75, 3.05) is 13.6 Å².